The van der Waals surface area contributed by atoms with Gasteiger partial charge in [-0.1, -0.05) is 11.6 Å². The Balaban J connectivity index is 0.00000336. The molecule has 1 fully saturated rings. The van der Waals surface area contributed by atoms with Gasteiger partial charge in [-0.05, 0) is 37.7 Å². The van der Waals surface area contributed by atoms with Gasteiger partial charge in [-0.15, -0.1) is 23.7 Å². The van der Waals surface area contributed by atoms with Crippen LogP contribution >= 0.6 is 35.3 Å². The summed E-state index contributed by atoms with van der Waals surface area (Å²) in [5.74, 6) is -0.567. The number of piperidine rings is 1. The fourth-order valence-corrected chi connectivity index (χ4v) is 6.12. The van der Waals surface area contributed by atoms with E-state index in [1.165, 1.54) is 16.2 Å². The van der Waals surface area contributed by atoms with Gasteiger partial charge in [-0.25, -0.2) is 9.78 Å². The molecule has 2 atom stereocenters. The topological polar surface area (TPSA) is 114 Å². The number of benzene rings is 1. The number of nitrogens with one attached hydrogen (secondary N) is 3. The fraction of sp³-hybridized carbons (Fsp3) is 0.440. The van der Waals surface area contributed by atoms with Gasteiger partial charge in [-0.3, -0.25) is 9.59 Å². The maximum atomic E-state index is 13.3. The van der Waals surface area contributed by atoms with Gasteiger partial charge in [0.15, 0.2) is 5.01 Å². The smallest absolute Gasteiger partial charge is 0.319 e. The lowest BCUT2D eigenvalue weighted by molar-refractivity contribution is 0.0814. The number of nitrogens with zero attached hydrogens (tertiary/aromatic N) is 4. The third-order valence-electron chi connectivity index (χ3n) is 6.84. The van der Waals surface area contributed by atoms with Crippen molar-refractivity contribution < 1.29 is 14.4 Å². The van der Waals surface area contributed by atoms with Crippen molar-refractivity contribution in [2.75, 3.05) is 40.8 Å². The quantitative estimate of drug-likeness (QED) is 0.439. The van der Waals surface area contributed by atoms with Crippen LogP contribution in [0.1, 0.15) is 37.3 Å². The molecule has 3 aromatic rings. The van der Waals surface area contributed by atoms with Gasteiger partial charge in [0, 0.05) is 67.5 Å². The summed E-state index contributed by atoms with van der Waals surface area (Å²) in [5, 5.41) is 7.97. The van der Waals surface area contributed by atoms with Crippen LogP contribution in [0.5, 0.6) is 0 Å². The first-order valence-corrected chi connectivity index (χ1v) is 13.4. The number of hydrogen-bond donors (Lipinski definition) is 3. The van der Waals surface area contributed by atoms with Crippen molar-refractivity contribution in [2.45, 2.75) is 31.5 Å². The van der Waals surface area contributed by atoms with Crippen LogP contribution in [0.2, 0.25) is 5.02 Å². The predicted octanol–water partition coefficient (Wildman–Crippen LogP) is 2.97. The summed E-state index contributed by atoms with van der Waals surface area (Å²) in [6.07, 6.45) is 1.32. The van der Waals surface area contributed by atoms with Crippen LogP contribution in [0.25, 0.3) is 10.9 Å². The van der Waals surface area contributed by atoms with Crippen molar-refractivity contribution in [3.63, 3.8) is 0 Å². The number of H-pyrrole nitrogens is 1. The number of halogens is 2. The fourth-order valence-electron chi connectivity index (χ4n) is 4.85. The summed E-state index contributed by atoms with van der Waals surface area (Å²) in [5.41, 5.74) is 2.19. The van der Waals surface area contributed by atoms with Crippen molar-refractivity contribution in [2.24, 2.45) is 0 Å². The highest BCUT2D eigenvalue weighted by atomic mass is 35.5. The Labute approximate surface area is 236 Å². The van der Waals surface area contributed by atoms with Gasteiger partial charge in [0.25, 0.3) is 11.8 Å². The highest BCUT2D eigenvalue weighted by Gasteiger charge is 2.35. The Morgan fingerprint density at radius 2 is 1.89 bits per heavy atom. The third kappa shape index (κ3) is 5.90. The van der Waals surface area contributed by atoms with Gasteiger partial charge in [0.05, 0.1) is 17.8 Å². The average molecular weight is 581 g/mol. The summed E-state index contributed by atoms with van der Waals surface area (Å²) < 4.78 is 0. The predicted molar refractivity (Wildman–Crippen MR) is 150 cm³/mol. The van der Waals surface area contributed by atoms with Crippen molar-refractivity contribution in [1.82, 2.24) is 35.3 Å². The summed E-state index contributed by atoms with van der Waals surface area (Å²) >= 11 is 7.49. The molecule has 0 aliphatic carbocycles. The van der Waals surface area contributed by atoms with Crippen LogP contribution in [0.15, 0.2) is 24.3 Å². The summed E-state index contributed by atoms with van der Waals surface area (Å²) in [6.45, 7) is 2.44. The number of amides is 4. The molecular formula is C25H31Cl2N7O3S. The van der Waals surface area contributed by atoms with Crippen LogP contribution in [0.3, 0.4) is 0 Å². The molecule has 2 aliphatic rings. The van der Waals surface area contributed by atoms with Gasteiger partial charge in [0.2, 0.25) is 0 Å². The number of carbonyl (C=O) groups excluding carboxylic acids is 3. The number of thiazole rings is 1. The van der Waals surface area contributed by atoms with E-state index in [-0.39, 0.29) is 42.8 Å². The van der Waals surface area contributed by atoms with Crippen LogP contribution in [0, 0.1) is 0 Å². The van der Waals surface area contributed by atoms with E-state index in [4.69, 9.17) is 11.6 Å². The lowest BCUT2D eigenvalue weighted by Crippen LogP contribution is -2.62. The average Bonchev–Trinajstić information content (AvgIpc) is 3.48. The van der Waals surface area contributed by atoms with Crippen molar-refractivity contribution in [1.29, 1.82) is 0 Å². The molecule has 1 saturated heterocycles. The van der Waals surface area contributed by atoms with Crippen LogP contribution in [-0.2, 0) is 13.0 Å². The van der Waals surface area contributed by atoms with Crippen LogP contribution < -0.4 is 10.6 Å². The van der Waals surface area contributed by atoms with Crippen molar-refractivity contribution >= 4 is 64.1 Å². The lowest BCUT2D eigenvalue weighted by atomic mass is 9.98. The molecule has 0 radical (unpaired) electrons. The minimum absolute atomic E-state index is 0. The molecule has 13 heteroatoms. The minimum Gasteiger partial charge on any atom is -0.351 e. The Morgan fingerprint density at radius 3 is 2.66 bits per heavy atom. The van der Waals surface area contributed by atoms with Crippen molar-refractivity contribution in [3.8, 4) is 0 Å². The molecule has 4 heterocycles. The molecule has 3 N–H and O–H groups in total. The van der Waals surface area contributed by atoms with E-state index in [2.05, 4.69) is 32.5 Å². The first kappa shape index (κ1) is 28.2. The molecule has 0 saturated carbocycles. The first-order chi connectivity index (χ1) is 17.7. The number of aromatic amines is 1. The van der Waals surface area contributed by atoms with Crippen molar-refractivity contribution in [3.05, 3.63) is 50.6 Å². The molecule has 2 aromatic heterocycles. The molecule has 10 nitrogen and oxygen atoms in total. The minimum atomic E-state index is -0.475. The number of urea groups is 1. The zero-order valence-corrected chi connectivity index (χ0v) is 23.8. The maximum absolute atomic E-state index is 13.3. The molecule has 38 heavy (non-hydrogen) atoms. The summed E-state index contributed by atoms with van der Waals surface area (Å²) in [4.78, 5) is 53.3. The Hall–Kier alpha value is -2.86. The van der Waals surface area contributed by atoms with E-state index in [9.17, 15) is 14.4 Å². The standard InChI is InChI=1S/C25H30ClN7O3S.ClH/c1-31(2)25(36)33-9-7-17(28-22(34)19-11-14-10-15(26)4-5-16(14)27-19)20(12-33)29-23(35)24-30-18-6-8-32(3)13-21(18)37-24;/h4-5,10-11,17,20,27H,6-9,12-13H2,1-3H3,(H,28,34)(H,29,35);1H/t17-,20+;/m0./s1. The number of aromatic nitrogens is 2. The number of likely N-dealkylation sites (tertiary alicyclic amines) is 1. The second-order valence-electron chi connectivity index (χ2n) is 9.86. The van der Waals surface area contributed by atoms with Crippen LogP contribution in [0.4, 0.5) is 4.79 Å². The number of fused-ring (bicyclic) bond motifs is 2. The van der Waals surface area contributed by atoms with Gasteiger partial charge in [-0.2, -0.15) is 0 Å². The van der Waals surface area contributed by atoms with Gasteiger partial charge >= 0.3 is 6.03 Å². The summed E-state index contributed by atoms with van der Waals surface area (Å²) in [6, 6.07) is 6.17. The monoisotopic (exact) mass is 579 g/mol. The number of rotatable bonds is 4. The highest BCUT2D eigenvalue weighted by Crippen LogP contribution is 2.25. The number of likely N-dealkylation sites (N-methyl/N-ethyl adjacent to an activating group) is 1. The molecule has 0 bridgehead atoms. The SMILES string of the molecule is CN1CCc2nc(C(=O)N[C@@H]3CN(C(=O)N(C)C)CC[C@@H]3NC(=O)c3cc4cc(Cl)ccc4[nH]3)sc2C1.Cl. The Kier molecular flexibility index (Phi) is 8.51. The molecule has 204 valence electrons. The summed E-state index contributed by atoms with van der Waals surface area (Å²) in [7, 11) is 5.45. The second-order valence-corrected chi connectivity index (χ2v) is 11.4. The highest BCUT2D eigenvalue weighted by molar-refractivity contribution is 7.13. The Bertz CT molecular complexity index is 1360. The zero-order valence-electron chi connectivity index (χ0n) is 21.4. The van der Waals surface area contributed by atoms with Gasteiger partial charge in [0.1, 0.15) is 5.69 Å². The van der Waals surface area contributed by atoms with E-state index in [0.29, 0.717) is 28.7 Å². The molecule has 0 spiro atoms. The number of carbonyl (C=O) groups is 3. The number of hydrogen-bond acceptors (Lipinski definition) is 6. The van der Waals surface area contributed by atoms with E-state index < -0.39 is 6.04 Å². The molecular weight excluding hydrogens is 549 g/mol. The van der Waals surface area contributed by atoms with Gasteiger partial charge < -0.3 is 30.3 Å². The molecule has 5 rings (SSSR count). The second kappa shape index (κ2) is 11.5. The van der Waals surface area contributed by atoms with E-state index in [0.717, 1.165) is 41.0 Å². The largest absolute Gasteiger partial charge is 0.351 e. The molecule has 0 unspecified atom stereocenters. The molecule has 1 aromatic carbocycles. The Morgan fingerprint density at radius 1 is 1.13 bits per heavy atom. The van der Waals surface area contributed by atoms with E-state index in [1.807, 2.05) is 6.07 Å². The molecule has 4 amide bonds. The normalized spacial score (nSPS) is 19.4. The van der Waals surface area contributed by atoms with E-state index in [1.54, 1.807) is 37.2 Å². The molecule has 2 aliphatic heterocycles. The lowest BCUT2D eigenvalue weighted by Gasteiger charge is -2.39. The van der Waals surface area contributed by atoms with E-state index >= 15 is 0 Å². The first-order valence-electron chi connectivity index (χ1n) is 12.2. The maximum Gasteiger partial charge on any atom is 0.319 e. The van der Waals surface area contributed by atoms with Crippen LogP contribution in [-0.4, -0.2) is 95.4 Å². The third-order valence-corrected chi connectivity index (χ3v) is 8.16. The zero-order chi connectivity index (χ0) is 26.3.